The molecule has 0 aromatic heterocycles. The molecule has 2 aromatic rings. The Kier molecular flexibility index (Phi) is 6.28. The van der Waals surface area contributed by atoms with Crippen LogP contribution in [0, 0.1) is 6.92 Å². The van der Waals surface area contributed by atoms with Gasteiger partial charge in [0, 0.05) is 26.1 Å². The maximum absolute atomic E-state index is 6.12. The van der Waals surface area contributed by atoms with E-state index in [1.54, 1.807) is 0 Å². The molecule has 2 saturated heterocycles. The van der Waals surface area contributed by atoms with Gasteiger partial charge in [-0.25, -0.2) is 0 Å². The molecule has 3 unspecified atom stereocenters. The SMILES string of the molecule is Cc1cc(C2=CCC(c3ccccc3OCC3CCO3)CC2)ccc1OCC1CCO1. The average Bonchev–Trinajstić information content (AvgIpc) is 2.73. The molecule has 3 atom stereocenters. The second-order valence-corrected chi connectivity index (χ2v) is 8.90. The van der Waals surface area contributed by atoms with Crippen LogP contribution in [0.15, 0.2) is 48.5 Å². The molecule has 164 valence electrons. The van der Waals surface area contributed by atoms with E-state index in [1.165, 1.54) is 22.3 Å². The molecule has 3 aliphatic rings. The fraction of sp³-hybridized carbons (Fsp3) is 0.481. The molecule has 0 radical (unpaired) electrons. The lowest BCUT2D eigenvalue weighted by Crippen LogP contribution is -2.32. The standard InChI is InChI=1S/C27H32O4/c1-19-16-22(10-11-26(19)30-17-23-12-14-28-23)20-6-8-21(9-7-20)25-4-2-3-5-27(25)31-18-24-13-15-29-24/h2-6,10-11,16,21,23-24H,7-9,12-15,17-18H2,1H3. The van der Waals surface area contributed by atoms with Crippen LogP contribution in [0.5, 0.6) is 11.5 Å². The van der Waals surface area contributed by atoms with Crippen LogP contribution in [0.25, 0.3) is 5.57 Å². The van der Waals surface area contributed by atoms with Gasteiger partial charge in [-0.2, -0.15) is 0 Å². The highest BCUT2D eigenvalue weighted by Crippen LogP contribution is 2.40. The Labute approximate surface area is 185 Å². The first-order chi connectivity index (χ1) is 15.3. The van der Waals surface area contributed by atoms with Crippen LogP contribution in [0.1, 0.15) is 54.7 Å². The molecule has 1 aliphatic carbocycles. The summed E-state index contributed by atoms with van der Waals surface area (Å²) in [5.74, 6) is 2.50. The number of aryl methyl sites for hydroxylation is 1. The third-order valence-corrected chi connectivity index (χ3v) is 6.75. The molecule has 0 N–H and O–H groups in total. The van der Waals surface area contributed by atoms with E-state index in [9.17, 15) is 0 Å². The Morgan fingerprint density at radius 1 is 0.871 bits per heavy atom. The molecule has 2 aliphatic heterocycles. The minimum Gasteiger partial charge on any atom is -0.491 e. The summed E-state index contributed by atoms with van der Waals surface area (Å²) < 4.78 is 23.0. The molecule has 0 spiro atoms. The van der Waals surface area contributed by atoms with Gasteiger partial charge in [-0.1, -0.05) is 30.3 Å². The second kappa shape index (κ2) is 9.46. The van der Waals surface area contributed by atoms with E-state index < -0.39 is 0 Å². The van der Waals surface area contributed by atoms with E-state index in [4.69, 9.17) is 18.9 Å². The Morgan fingerprint density at radius 3 is 2.19 bits per heavy atom. The number of benzene rings is 2. The first kappa shape index (κ1) is 20.6. The summed E-state index contributed by atoms with van der Waals surface area (Å²) in [6.45, 7) is 5.18. The van der Waals surface area contributed by atoms with Gasteiger partial charge in [0.05, 0.1) is 12.2 Å². The molecule has 2 heterocycles. The molecule has 4 nitrogen and oxygen atoms in total. The third-order valence-electron chi connectivity index (χ3n) is 6.75. The Balaban J connectivity index is 1.22. The van der Waals surface area contributed by atoms with Gasteiger partial charge >= 0.3 is 0 Å². The fourth-order valence-electron chi connectivity index (χ4n) is 4.54. The van der Waals surface area contributed by atoms with Gasteiger partial charge in [-0.3, -0.25) is 0 Å². The van der Waals surface area contributed by atoms with E-state index in [1.807, 2.05) is 0 Å². The van der Waals surface area contributed by atoms with Crippen molar-refractivity contribution in [2.24, 2.45) is 0 Å². The molecule has 4 heteroatoms. The highest BCUT2D eigenvalue weighted by atomic mass is 16.6. The van der Waals surface area contributed by atoms with Crippen LogP contribution in [0.2, 0.25) is 0 Å². The Bertz CT molecular complexity index is 927. The first-order valence-electron chi connectivity index (χ1n) is 11.6. The number of ether oxygens (including phenoxy) is 4. The van der Waals surface area contributed by atoms with Crippen molar-refractivity contribution in [2.75, 3.05) is 26.4 Å². The zero-order chi connectivity index (χ0) is 21.0. The lowest BCUT2D eigenvalue weighted by molar-refractivity contribution is -0.0722. The quantitative estimate of drug-likeness (QED) is 0.550. The molecule has 2 fully saturated rings. The van der Waals surface area contributed by atoms with Crippen molar-refractivity contribution in [1.82, 2.24) is 0 Å². The van der Waals surface area contributed by atoms with Crippen LogP contribution >= 0.6 is 0 Å². The van der Waals surface area contributed by atoms with Crippen LogP contribution in [-0.4, -0.2) is 38.6 Å². The van der Waals surface area contributed by atoms with Crippen molar-refractivity contribution in [3.63, 3.8) is 0 Å². The van der Waals surface area contributed by atoms with Gasteiger partial charge in [-0.15, -0.1) is 0 Å². The van der Waals surface area contributed by atoms with Crippen LogP contribution in [0.4, 0.5) is 0 Å². The summed E-state index contributed by atoms with van der Waals surface area (Å²) in [5, 5.41) is 0. The molecule has 0 amide bonds. The van der Waals surface area contributed by atoms with Crippen molar-refractivity contribution >= 4 is 5.57 Å². The molecule has 5 rings (SSSR count). The summed E-state index contributed by atoms with van der Waals surface area (Å²) in [7, 11) is 0. The molecular weight excluding hydrogens is 388 g/mol. The number of rotatable bonds is 8. The van der Waals surface area contributed by atoms with Gasteiger partial charge in [0.15, 0.2) is 0 Å². The van der Waals surface area contributed by atoms with Crippen molar-refractivity contribution in [2.45, 2.75) is 57.2 Å². The van der Waals surface area contributed by atoms with Crippen molar-refractivity contribution < 1.29 is 18.9 Å². The first-order valence-corrected chi connectivity index (χ1v) is 11.6. The molecule has 0 saturated carbocycles. The topological polar surface area (TPSA) is 36.9 Å². The van der Waals surface area contributed by atoms with E-state index in [0.29, 0.717) is 19.1 Å². The number of hydrogen-bond donors (Lipinski definition) is 0. The highest BCUT2D eigenvalue weighted by molar-refractivity contribution is 5.68. The van der Waals surface area contributed by atoms with Gasteiger partial charge in [0.2, 0.25) is 0 Å². The maximum Gasteiger partial charge on any atom is 0.122 e. The number of allylic oxidation sites excluding steroid dienone is 2. The predicted molar refractivity (Wildman–Crippen MR) is 122 cm³/mol. The maximum atomic E-state index is 6.12. The van der Waals surface area contributed by atoms with E-state index >= 15 is 0 Å². The summed E-state index contributed by atoms with van der Waals surface area (Å²) in [4.78, 5) is 0. The van der Waals surface area contributed by atoms with Gasteiger partial charge in [0.25, 0.3) is 0 Å². The second-order valence-electron chi connectivity index (χ2n) is 8.90. The Hall–Kier alpha value is -2.30. The van der Waals surface area contributed by atoms with E-state index in [-0.39, 0.29) is 12.2 Å². The lowest BCUT2D eigenvalue weighted by atomic mass is 9.82. The van der Waals surface area contributed by atoms with Crippen LogP contribution in [-0.2, 0) is 9.47 Å². The van der Waals surface area contributed by atoms with Crippen LogP contribution in [0.3, 0.4) is 0 Å². The average molecular weight is 421 g/mol. The summed E-state index contributed by atoms with van der Waals surface area (Å²) in [5.41, 5.74) is 5.27. The zero-order valence-corrected chi connectivity index (χ0v) is 18.3. The molecule has 2 aromatic carbocycles. The summed E-state index contributed by atoms with van der Waals surface area (Å²) in [6.07, 6.45) is 8.43. The minimum absolute atomic E-state index is 0.266. The minimum atomic E-state index is 0.266. The predicted octanol–water partition coefficient (Wildman–Crippen LogP) is 5.68. The van der Waals surface area contributed by atoms with Crippen molar-refractivity contribution in [3.8, 4) is 11.5 Å². The number of hydrogen-bond acceptors (Lipinski definition) is 4. The van der Waals surface area contributed by atoms with Gasteiger partial charge in [0.1, 0.15) is 24.7 Å². The highest BCUT2D eigenvalue weighted by Gasteiger charge is 2.23. The fourth-order valence-corrected chi connectivity index (χ4v) is 4.54. The molecule has 0 bridgehead atoms. The number of para-hydroxylation sites is 1. The normalized spacial score (nSPS) is 25.2. The van der Waals surface area contributed by atoms with Crippen LogP contribution < -0.4 is 9.47 Å². The monoisotopic (exact) mass is 420 g/mol. The summed E-state index contributed by atoms with van der Waals surface area (Å²) >= 11 is 0. The lowest BCUT2D eigenvalue weighted by Gasteiger charge is -2.28. The molecular formula is C27H32O4. The van der Waals surface area contributed by atoms with Crippen molar-refractivity contribution in [1.29, 1.82) is 0 Å². The smallest absolute Gasteiger partial charge is 0.122 e. The van der Waals surface area contributed by atoms with Gasteiger partial charge < -0.3 is 18.9 Å². The van der Waals surface area contributed by atoms with Gasteiger partial charge in [-0.05, 0) is 72.6 Å². The zero-order valence-electron chi connectivity index (χ0n) is 18.3. The third kappa shape index (κ3) is 4.81. The Morgan fingerprint density at radius 2 is 1.58 bits per heavy atom. The summed E-state index contributed by atoms with van der Waals surface area (Å²) in [6, 6.07) is 15.1. The van der Waals surface area contributed by atoms with E-state index in [2.05, 4.69) is 55.5 Å². The van der Waals surface area contributed by atoms with Crippen molar-refractivity contribution in [3.05, 3.63) is 65.2 Å². The largest absolute Gasteiger partial charge is 0.491 e. The van der Waals surface area contributed by atoms with E-state index in [0.717, 1.165) is 56.8 Å². The molecule has 31 heavy (non-hydrogen) atoms.